The van der Waals surface area contributed by atoms with E-state index in [0.717, 1.165) is 32.5 Å². The van der Waals surface area contributed by atoms with Gasteiger partial charge in [-0.15, -0.1) is 0 Å². The molecule has 0 aliphatic carbocycles. The number of rotatable bonds is 8. The summed E-state index contributed by atoms with van der Waals surface area (Å²) in [5, 5.41) is 26.7. The van der Waals surface area contributed by atoms with E-state index in [-0.39, 0.29) is 24.6 Å². The summed E-state index contributed by atoms with van der Waals surface area (Å²) in [7, 11) is 0. The van der Waals surface area contributed by atoms with Gasteiger partial charge in [0.2, 0.25) is 5.91 Å². The van der Waals surface area contributed by atoms with E-state index >= 15 is 0 Å². The first-order valence-electron chi connectivity index (χ1n) is 12.9. The van der Waals surface area contributed by atoms with Gasteiger partial charge in [0, 0.05) is 30.1 Å². The van der Waals surface area contributed by atoms with Crippen molar-refractivity contribution in [3.63, 3.8) is 0 Å². The van der Waals surface area contributed by atoms with Gasteiger partial charge in [-0.2, -0.15) is 0 Å². The molecule has 39 heavy (non-hydrogen) atoms. The summed E-state index contributed by atoms with van der Waals surface area (Å²) in [5.41, 5.74) is 1.74. The number of nitrogens with one attached hydrogen (secondary N) is 2. The predicted molar refractivity (Wildman–Crippen MR) is 151 cm³/mol. The largest absolute Gasteiger partial charge is 0.508 e. The highest BCUT2D eigenvalue weighted by Gasteiger charge is 2.39. The van der Waals surface area contributed by atoms with Crippen molar-refractivity contribution in [3.8, 4) is 5.75 Å². The van der Waals surface area contributed by atoms with Crippen LogP contribution >= 0.6 is 0 Å². The summed E-state index contributed by atoms with van der Waals surface area (Å²) in [6.07, 6.45) is 0.417. The Morgan fingerprint density at radius 3 is 2.21 bits per heavy atom. The second kappa shape index (κ2) is 11.3. The van der Waals surface area contributed by atoms with Crippen molar-refractivity contribution >= 4 is 28.8 Å². The normalized spacial score (nSPS) is 12.6. The van der Waals surface area contributed by atoms with Crippen molar-refractivity contribution < 1.29 is 24.6 Å². The zero-order valence-corrected chi connectivity index (χ0v) is 23.6. The van der Waals surface area contributed by atoms with E-state index < -0.39 is 29.1 Å². The van der Waals surface area contributed by atoms with Crippen molar-refractivity contribution in [2.75, 3.05) is 6.54 Å². The van der Waals surface area contributed by atoms with E-state index in [9.17, 15) is 24.6 Å². The minimum atomic E-state index is -1.22. The van der Waals surface area contributed by atoms with Crippen LogP contribution in [0.15, 0.2) is 48.7 Å². The number of phenolic OH excluding ortho intramolecular Hbond substituents is 1. The number of nitrogens with zero attached hydrogens (tertiary/aromatic N) is 2. The van der Waals surface area contributed by atoms with Crippen LogP contribution in [0.3, 0.4) is 0 Å². The van der Waals surface area contributed by atoms with Crippen LogP contribution in [0.25, 0.3) is 10.9 Å². The zero-order chi connectivity index (χ0) is 29.1. The van der Waals surface area contributed by atoms with Gasteiger partial charge in [0.15, 0.2) is 0 Å². The van der Waals surface area contributed by atoms with Crippen LogP contribution in [-0.4, -0.2) is 61.7 Å². The smallest absolute Gasteiger partial charge is 0.408 e. The van der Waals surface area contributed by atoms with Crippen molar-refractivity contribution in [3.05, 3.63) is 70.9 Å². The van der Waals surface area contributed by atoms with Gasteiger partial charge in [0.25, 0.3) is 5.91 Å². The first-order chi connectivity index (χ1) is 18.1. The number of benzene rings is 2. The molecule has 0 aliphatic rings. The number of carbonyl (C=O) groups excluding carboxylic acids is 2. The van der Waals surface area contributed by atoms with E-state index in [1.54, 1.807) is 52.8 Å². The minimum absolute atomic E-state index is 0.108. The second-order valence-electron chi connectivity index (χ2n) is 11.6. The number of phenols is 1. The third kappa shape index (κ3) is 7.25. The molecule has 1 heterocycles. The highest BCUT2D eigenvalue weighted by atomic mass is 16.4. The van der Waals surface area contributed by atoms with Crippen LogP contribution in [0.2, 0.25) is 0 Å². The molecule has 1 aromatic heterocycles. The van der Waals surface area contributed by atoms with Gasteiger partial charge in [-0.05, 0) is 89.4 Å². The number of para-hydroxylation sites is 1. The monoisotopic (exact) mass is 534 g/mol. The van der Waals surface area contributed by atoms with Crippen molar-refractivity contribution in [1.29, 1.82) is 0 Å². The number of pyridine rings is 1. The summed E-state index contributed by atoms with van der Waals surface area (Å²) < 4.78 is 0. The Kier molecular flexibility index (Phi) is 8.53. The Balaban J connectivity index is 1.81. The van der Waals surface area contributed by atoms with E-state index in [4.69, 9.17) is 0 Å². The summed E-state index contributed by atoms with van der Waals surface area (Å²) >= 11 is 0. The Morgan fingerprint density at radius 1 is 1.00 bits per heavy atom. The van der Waals surface area contributed by atoms with Crippen LogP contribution in [0.1, 0.15) is 61.7 Å². The molecule has 0 radical (unpaired) electrons. The van der Waals surface area contributed by atoms with Crippen molar-refractivity contribution in [2.24, 2.45) is 0 Å². The lowest BCUT2D eigenvalue weighted by Gasteiger charge is -2.40. The maximum atomic E-state index is 13.7. The Labute approximate surface area is 229 Å². The molecule has 0 aliphatic heterocycles. The average Bonchev–Trinajstić information content (AvgIpc) is 2.82. The molecule has 208 valence electrons. The molecule has 0 saturated carbocycles. The van der Waals surface area contributed by atoms with E-state index in [1.807, 2.05) is 38.1 Å². The molecule has 3 amide bonds. The summed E-state index contributed by atoms with van der Waals surface area (Å²) in [4.78, 5) is 44.4. The van der Waals surface area contributed by atoms with Crippen molar-refractivity contribution in [1.82, 2.24) is 20.5 Å². The zero-order valence-electron chi connectivity index (χ0n) is 23.6. The van der Waals surface area contributed by atoms with Crippen LogP contribution < -0.4 is 10.6 Å². The average molecular weight is 535 g/mol. The van der Waals surface area contributed by atoms with E-state index in [0.29, 0.717) is 5.56 Å². The van der Waals surface area contributed by atoms with Gasteiger partial charge < -0.3 is 20.8 Å². The molecule has 1 atom stereocenters. The molecule has 9 nitrogen and oxygen atoms in total. The summed E-state index contributed by atoms with van der Waals surface area (Å²) in [5.74, 6) is -0.700. The fourth-order valence-electron chi connectivity index (χ4n) is 4.73. The molecule has 0 spiro atoms. The van der Waals surface area contributed by atoms with Gasteiger partial charge in [-0.3, -0.25) is 19.5 Å². The molecule has 3 aromatic rings. The Bertz CT molecular complexity index is 1370. The van der Waals surface area contributed by atoms with Gasteiger partial charge in [-0.1, -0.05) is 18.2 Å². The lowest BCUT2D eigenvalue weighted by atomic mass is 9.92. The number of carbonyl (C=O) groups is 3. The van der Waals surface area contributed by atoms with Gasteiger partial charge >= 0.3 is 6.09 Å². The molecular formula is C30H38N4O5. The highest BCUT2D eigenvalue weighted by Crippen LogP contribution is 2.27. The Hall–Kier alpha value is -4.14. The molecule has 0 unspecified atom stereocenters. The SMILES string of the molecule is Cc1cc(O)cc(C)c1C[C@@H](C(=O)NC(C)(C)CNC(=O)c1cnc2ccccc2c1)N(C(=O)O)C(C)(C)C. The lowest BCUT2D eigenvalue weighted by Crippen LogP contribution is -2.61. The quantitative estimate of drug-likeness (QED) is 0.335. The topological polar surface area (TPSA) is 132 Å². The predicted octanol–water partition coefficient (Wildman–Crippen LogP) is 4.57. The maximum absolute atomic E-state index is 13.7. The third-order valence-electron chi connectivity index (χ3n) is 6.63. The van der Waals surface area contributed by atoms with Crippen LogP contribution in [0.4, 0.5) is 4.79 Å². The van der Waals surface area contributed by atoms with Crippen molar-refractivity contribution in [2.45, 2.75) is 72.0 Å². The molecule has 0 saturated heterocycles. The molecule has 9 heteroatoms. The van der Waals surface area contributed by atoms with Crippen LogP contribution in [-0.2, 0) is 11.2 Å². The van der Waals surface area contributed by atoms with Crippen LogP contribution in [0, 0.1) is 13.8 Å². The fourth-order valence-corrected chi connectivity index (χ4v) is 4.73. The third-order valence-corrected chi connectivity index (χ3v) is 6.63. The van der Waals surface area contributed by atoms with E-state index in [1.165, 1.54) is 6.20 Å². The molecule has 0 fully saturated rings. The number of hydrogen-bond donors (Lipinski definition) is 4. The molecular weight excluding hydrogens is 496 g/mol. The number of aryl methyl sites for hydroxylation is 2. The van der Waals surface area contributed by atoms with E-state index in [2.05, 4.69) is 15.6 Å². The number of hydrogen-bond acceptors (Lipinski definition) is 5. The second-order valence-corrected chi connectivity index (χ2v) is 11.6. The Morgan fingerprint density at radius 2 is 1.62 bits per heavy atom. The minimum Gasteiger partial charge on any atom is -0.508 e. The number of aromatic hydroxyl groups is 1. The summed E-state index contributed by atoms with van der Waals surface area (Å²) in [6.45, 7) is 12.5. The molecule has 4 N–H and O–H groups in total. The van der Waals surface area contributed by atoms with Gasteiger partial charge in [0.1, 0.15) is 11.8 Å². The lowest BCUT2D eigenvalue weighted by molar-refractivity contribution is -0.129. The maximum Gasteiger partial charge on any atom is 0.408 e. The number of fused-ring (bicyclic) bond motifs is 1. The first kappa shape index (κ1) is 29.4. The van der Waals surface area contributed by atoms with Crippen LogP contribution in [0.5, 0.6) is 5.75 Å². The standard InChI is InChI=1S/C30H38N4O5/c1-18-12-22(35)13-19(2)23(18)15-25(34(28(38)39)29(3,4)5)27(37)33-30(6,7)17-32-26(36)21-14-20-10-8-9-11-24(20)31-16-21/h8-14,16,25,35H,15,17H2,1-7H3,(H,32,36)(H,33,37)(H,38,39)/t25-/m0/s1. The number of aromatic nitrogens is 1. The van der Waals surface area contributed by atoms with Gasteiger partial charge in [-0.25, -0.2) is 4.79 Å². The first-order valence-corrected chi connectivity index (χ1v) is 12.9. The summed E-state index contributed by atoms with van der Waals surface area (Å²) in [6, 6.07) is 11.4. The number of carboxylic acid groups (broad SMARTS) is 1. The highest BCUT2D eigenvalue weighted by molar-refractivity contribution is 5.97. The fraction of sp³-hybridized carbons (Fsp3) is 0.400. The molecule has 2 aromatic carbocycles. The number of amides is 3. The van der Waals surface area contributed by atoms with Gasteiger partial charge in [0.05, 0.1) is 16.6 Å². The molecule has 3 rings (SSSR count). The molecule has 0 bridgehead atoms.